The monoisotopic (exact) mass is 712 g/mol. The summed E-state index contributed by atoms with van der Waals surface area (Å²) in [7, 11) is 10.7. The molecule has 5 aromatic carbocycles. The summed E-state index contributed by atoms with van der Waals surface area (Å²) in [6.45, 7) is 20.8. The van der Waals surface area contributed by atoms with Crippen molar-refractivity contribution < 1.29 is 20.8 Å². The SMILES string of the molecule is CCC(C)c1cc2c(-c3cc(C(C)(C)C)cc(C(C)(C)C)c3)c(C)ccc2[cH-]1.[Cl][Zr+2][Cl].[c-]1cccc2c1[Si]c1ccccc1-2. The van der Waals surface area contributed by atoms with Gasteiger partial charge in [-0.15, -0.1) is 40.1 Å². The molecule has 1 heterocycles. The van der Waals surface area contributed by atoms with E-state index < -0.39 is 20.8 Å². The number of benzene rings is 4. The van der Waals surface area contributed by atoms with Crippen molar-refractivity contribution in [2.75, 3.05) is 0 Å². The van der Waals surface area contributed by atoms with Crippen LogP contribution >= 0.6 is 17.0 Å². The molecule has 0 bridgehead atoms. The van der Waals surface area contributed by atoms with Gasteiger partial charge in [-0.05, 0) is 40.4 Å². The standard InChI is InChI=1S/C28H37.C12H7Si.2ClH.Zr/c1-10-18(2)21-13-20-12-11-19(3)26(25(20)16-21)22-14-23(27(4,5)6)17-24(15-22)28(7,8)9;1-3-7-11-9(5-1)10-6-2-4-8-12(10)13-11;;;/h11-18H,10H2,1-9H3;1-7H;2*1H;/q2*-1;;;+4/p-2. The van der Waals surface area contributed by atoms with Gasteiger partial charge in [-0.2, -0.15) is 35.5 Å². The average molecular weight is 715 g/mol. The maximum atomic E-state index is 4.93. The zero-order valence-corrected chi connectivity index (χ0v) is 32.6. The summed E-state index contributed by atoms with van der Waals surface area (Å²) in [6, 6.07) is 34.8. The maximum Gasteiger partial charge on any atom is 0.0920 e. The van der Waals surface area contributed by atoms with E-state index in [2.05, 4.69) is 147 Å². The Labute approximate surface area is 287 Å². The van der Waals surface area contributed by atoms with E-state index >= 15 is 0 Å². The van der Waals surface area contributed by atoms with Gasteiger partial charge in [0.1, 0.15) is 0 Å². The van der Waals surface area contributed by atoms with E-state index in [0.29, 0.717) is 5.92 Å². The molecular formula is C40H44Cl2SiZr. The topological polar surface area (TPSA) is 0 Å². The van der Waals surface area contributed by atoms with Crippen LogP contribution in [0.3, 0.4) is 0 Å². The van der Waals surface area contributed by atoms with Crippen molar-refractivity contribution >= 4 is 47.7 Å². The van der Waals surface area contributed by atoms with Crippen LogP contribution in [-0.2, 0) is 31.7 Å². The van der Waals surface area contributed by atoms with E-state index in [9.17, 15) is 0 Å². The van der Waals surface area contributed by atoms with Crippen molar-refractivity contribution in [1.82, 2.24) is 0 Å². The third-order valence-electron chi connectivity index (χ3n) is 8.59. The normalized spacial score (nSPS) is 12.7. The summed E-state index contributed by atoms with van der Waals surface area (Å²) in [5.41, 5.74) is 11.5. The van der Waals surface area contributed by atoms with Gasteiger partial charge in [0.15, 0.2) is 0 Å². The van der Waals surface area contributed by atoms with Crippen LogP contribution < -0.4 is 10.4 Å². The Kier molecular flexibility index (Phi) is 11.7. The van der Waals surface area contributed by atoms with Gasteiger partial charge < -0.3 is 0 Å². The van der Waals surface area contributed by atoms with Gasteiger partial charge in [0.25, 0.3) is 0 Å². The van der Waals surface area contributed by atoms with E-state index in [1.165, 1.54) is 72.1 Å². The molecule has 1 aliphatic heterocycles. The van der Waals surface area contributed by atoms with Crippen LogP contribution in [-0.4, -0.2) is 9.52 Å². The molecule has 0 fully saturated rings. The van der Waals surface area contributed by atoms with Gasteiger partial charge in [0.2, 0.25) is 0 Å². The van der Waals surface area contributed by atoms with Crippen LogP contribution in [0, 0.1) is 13.0 Å². The van der Waals surface area contributed by atoms with E-state index in [4.69, 9.17) is 17.0 Å². The summed E-state index contributed by atoms with van der Waals surface area (Å²) >= 11 is -0.826. The largest absolute Gasteiger partial charge is 0.184 e. The van der Waals surface area contributed by atoms with Crippen LogP contribution in [0.1, 0.15) is 90.0 Å². The molecule has 0 saturated carbocycles. The Balaban J connectivity index is 0.000000226. The average Bonchev–Trinajstić information content (AvgIpc) is 3.58. The second kappa shape index (κ2) is 14.7. The van der Waals surface area contributed by atoms with E-state index in [1.54, 1.807) is 0 Å². The zero-order valence-electron chi connectivity index (χ0n) is 27.6. The fourth-order valence-electron chi connectivity index (χ4n) is 5.68. The first-order valence-corrected chi connectivity index (χ1v) is 22.8. The third-order valence-corrected chi connectivity index (χ3v) is 9.96. The molecule has 0 nitrogen and oxygen atoms in total. The Hall–Kier alpha value is -1.83. The maximum absolute atomic E-state index is 4.93. The molecule has 0 aliphatic carbocycles. The molecule has 1 unspecified atom stereocenters. The van der Waals surface area contributed by atoms with Crippen molar-refractivity contribution in [1.29, 1.82) is 0 Å². The number of aryl methyl sites for hydroxylation is 1. The van der Waals surface area contributed by atoms with Crippen molar-refractivity contribution in [3.63, 3.8) is 0 Å². The van der Waals surface area contributed by atoms with E-state index in [-0.39, 0.29) is 10.8 Å². The van der Waals surface area contributed by atoms with Gasteiger partial charge in [0, 0.05) is 0 Å². The number of rotatable bonds is 3. The van der Waals surface area contributed by atoms with Crippen molar-refractivity contribution in [2.45, 2.75) is 85.5 Å². The predicted octanol–water partition coefficient (Wildman–Crippen LogP) is 11.1. The number of fused-ring (bicyclic) bond motifs is 4. The Morgan fingerprint density at radius 3 is 2.07 bits per heavy atom. The Bertz CT molecular complexity index is 1640. The molecule has 0 spiro atoms. The van der Waals surface area contributed by atoms with Crippen molar-refractivity contribution in [3.05, 3.63) is 113 Å². The zero-order chi connectivity index (χ0) is 32.2. The summed E-state index contributed by atoms with van der Waals surface area (Å²) in [5, 5.41) is 5.60. The third kappa shape index (κ3) is 8.11. The summed E-state index contributed by atoms with van der Waals surface area (Å²) in [6.07, 6.45) is 1.18. The molecule has 226 valence electrons. The molecule has 4 heteroatoms. The van der Waals surface area contributed by atoms with Crippen molar-refractivity contribution in [2.24, 2.45) is 0 Å². The van der Waals surface area contributed by atoms with Crippen LogP contribution in [0.15, 0.2) is 84.9 Å². The molecule has 44 heavy (non-hydrogen) atoms. The van der Waals surface area contributed by atoms with Gasteiger partial charge in [0.05, 0.1) is 9.52 Å². The first kappa shape index (κ1) is 35.0. The van der Waals surface area contributed by atoms with Crippen molar-refractivity contribution in [3.8, 4) is 22.3 Å². The minimum atomic E-state index is -0.826. The minimum absolute atomic E-state index is 0.131. The Morgan fingerprint density at radius 2 is 1.45 bits per heavy atom. The second-order valence-electron chi connectivity index (χ2n) is 13.9. The van der Waals surface area contributed by atoms with Gasteiger partial charge in [-0.3, -0.25) is 0 Å². The molecule has 0 aromatic heterocycles. The van der Waals surface area contributed by atoms with Gasteiger partial charge in [-0.25, -0.2) is 0 Å². The van der Waals surface area contributed by atoms with Gasteiger partial charge >= 0.3 is 37.9 Å². The van der Waals surface area contributed by atoms with Crippen LogP contribution in [0.4, 0.5) is 0 Å². The molecular weight excluding hydrogens is 671 g/mol. The summed E-state index contributed by atoms with van der Waals surface area (Å²) < 4.78 is 0. The quantitative estimate of drug-likeness (QED) is 0.126. The fraction of sp³-hybridized carbons (Fsp3) is 0.325. The fourth-order valence-corrected chi connectivity index (χ4v) is 6.99. The van der Waals surface area contributed by atoms with Gasteiger partial charge in [-0.1, -0.05) is 126 Å². The molecule has 0 saturated heterocycles. The molecule has 5 aromatic rings. The molecule has 2 radical (unpaired) electrons. The van der Waals surface area contributed by atoms with Crippen LogP contribution in [0.25, 0.3) is 33.0 Å². The van der Waals surface area contributed by atoms with E-state index in [1.807, 2.05) is 6.07 Å². The minimum Gasteiger partial charge on any atom is -0.184 e. The van der Waals surface area contributed by atoms with Crippen LogP contribution in [0.5, 0.6) is 0 Å². The molecule has 1 atom stereocenters. The molecule has 0 N–H and O–H groups in total. The molecule has 0 amide bonds. The second-order valence-corrected chi connectivity index (χ2v) is 18.9. The smallest absolute Gasteiger partial charge is 0.0920 e. The predicted molar refractivity (Wildman–Crippen MR) is 193 cm³/mol. The number of hydrogen-bond donors (Lipinski definition) is 0. The molecule has 1 aliphatic rings. The number of hydrogen-bond acceptors (Lipinski definition) is 0. The molecule has 6 rings (SSSR count). The first-order chi connectivity index (χ1) is 20.8. The Morgan fingerprint density at radius 1 is 0.841 bits per heavy atom. The summed E-state index contributed by atoms with van der Waals surface area (Å²) in [5.74, 6) is 0.603. The van der Waals surface area contributed by atoms with Crippen LogP contribution in [0.2, 0.25) is 0 Å². The summed E-state index contributed by atoms with van der Waals surface area (Å²) in [4.78, 5) is 0. The number of halogens is 2. The van der Waals surface area contributed by atoms with E-state index in [0.717, 1.165) is 9.52 Å². The first-order valence-electron chi connectivity index (χ1n) is 15.5.